The van der Waals surface area contributed by atoms with Gasteiger partial charge in [-0.25, -0.2) is 0 Å². The minimum absolute atomic E-state index is 0.290. The average molecular weight is 252 g/mol. The van der Waals surface area contributed by atoms with E-state index >= 15 is 0 Å². The van der Waals surface area contributed by atoms with Crippen molar-refractivity contribution < 1.29 is 8.76 Å². The second-order valence-electron chi connectivity index (χ2n) is 3.27. The number of benzene rings is 2. The summed E-state index contributed by atoms with van der Waals surface area (Å²) in [6, 6.07) is 14.1. The maximum atomic E-state index is 10.7. The Labute approximate surface area is 101 Å². The fourth-order valence-electron chi connectivity index (χ4n) is 1.40. The first-order chi connectivity index (χ1) is 7.66. The Kier molecular flexibility index (Phi) is 3.39. The maximum absolute atomic E-state index is 10.7. The van der Waals surface area contributed by atoms with E-state index in [0.717, 1.165) is 11.1 Å². The van der Waals surface area contributed by atoms with E-state index in [9.17, 15) is 8.76 Å². The third-order valence-corrected chi connectivity index (χ3v) is 3.13. The van der Waals surface area contributed by atoms with E-state index in [4.69, 9.17) is 11.6 Å². The second-order valence-corrected chi connectivity index (χ2v) is 4.64. The van der Waals surface area contributed by atoms with Gasteiger partial charge in [0.2, 0.25) is 0 Å². The molecule has 16 heavy (non-hydrogen) atoms. The van der Waals surface area contributed by atoms with Gasteiger partial charge in [-0.1, -0.05) is 35.9 Å². The van der Waals surface area contributed by atoms with Crippen LogP contribution in [-0.2, 0) is 11.1 Å². The zero-order chi connectivity index (χ0) is 11.5. The van der Waals surface area contributed by atoms with Gasteiger partial charge in [-0.3, -0.25) is 4.21 Å². The number of halogens is 1. The van der Waals surface area contributed by atoms with Gasteiger partial charge in [-0.2, -0.15) is 0 Å². The molecule has 82 valence electrons. The highest BCUT2D eigenvalue weighted by atomic mass is 35.5. The minimum atomic E-state index is -2.17. The molecule has 0 heterocycles. The first-order valence-electron chi connectivity index (χ1n) is 4.62. The van der Waals surface area contributed by atoms with Crippen LogP contribution >= 0.6 is 11.6 Å². The summed E-state index contributed by atoms with van der Waals surface area (Å²) in [4.78, 5) is 0.290. The van der Waals surface area contributed by atoms with Gasteiger partial charge < -0.3 is 4.55 Å². The molecule has 0 saturated carbocycles. The lowest BCUT2D eigenvalue weighted by molar-refractivity contribution is 0.537. The van der Waals surface area contributed by atoms with Gasteiger partial charge in [0, 0.05) is 9.92 Å². The maximum Gasteiger partial charge on any atom is 0.0406 e. The third kappa shape index (κ3) is 2.50. The highest BCUT2D eigenvalue weighted by Gasteiger charge is 1.98. The Morgan fingerprint density at radius 1 is 0.875 bits per heavy atom. The van der Waals surface area contributed by atoms with Crippen molar-refractivity contribution in [3.8, 4) is 11.1 Å². The van der Waals surface area contributed by atoms with E-state index in [-0.39, 0.29) is 4.90 Å². The van der Waals surface area contributed by atoms with Crippen LogP contribution in [0.2, 0.25) is 5.02 Å². The Morgan fingerprint density at radius 3 is 1.75 bits per heavy atom. The summed E-state index contributed by atoms with van der Waals surface area (Å²) >= 11 is 3.62. The lowest BCUT2D eigenvalue weighted by Gasteiger charge is -2.06. The van der Waals surface area contributed by atoms with E-state index in [1.54, 1.807) is 36.4 Å². The predicted molar refractivity (Wildman–Crippen MR) is 64.1 cm³/mol. The zero-order valence-corrected chi connectivity index (χ0v) is 9.79. The van der Waals surface area contributed by atoms with Gasteiger partial charge >= 0.3 is 0 Å². The highest BCUT2D eigenvalue weighted by Crippen LogP contribution is 2.22. The summed E-state index contributed by atoms with van der Waals surface area (Å²) in [6.45, 7) is 0. The molecule has 2 rings (SSSR count). The molecule has 0 aliphatic carbocycles. The van der Waals surface area contributed by atoms with Crippen LogP contribution in [0.25, 0.3) is 11.1 Å². The van der Waals surface area contributed by atoms with E-state index in [0.29, 0.717) is 5.02 Å². The number of rotatable bonds is 2. The van der Waals surface area contributed by atoms with Gasteiger partial charge in [-0.15, -0.1) is 0 Å². The van der Waals surface area contributed by atoms with Crippen molar-refractivity contribution in [1.29, 1.82) is 0 Å². The molecule has 1 atom stereocenters. The fraction of sp³-hybridized carbons (Fsp3) is 0. The Morgan fingerprint density at radius 2 is 1.31 bits per heavy atom. The molecule has 4 heteroatoms. The number of hydrogen-bond acceptors (Lipinski definition) is 2. The predicted octanol–water partition coefficient (Wildman–Crippen LogP) is 3.25. The Hall–Kier alpha value is -1.16. The smallest absolute Gasteiger partial charge is 0.0406 e. The number of hydrogen-bond donors (Lipinski definition) is 0. The van der Waals surface area contributed by atoms with Crippen LogP contribution in [0, 0.1) is 0 Å². The van der Waals surface area contributed by atoms with Crippen LogP contribution < -0.4 is 0 Å². The molecule has 2 nitrogen and oxygen atoms in total. The van der Waals surface area contributed by atoms with Gasteiger partial charge in [0.1, 0.15) is 0 Å². The largest absolute Gasteiger partial charge is 0.768 e. The molecule has 0 spiro atoms. The Bertz CT molecular complexity index is 506. The van der Waals surface area contributed by atoms with Crippen LogP contribution in [0.15, 0.2) is 53.4 Å². The molecule has 0 aliphatic rings. The molecule has 2 aromatic rings. The lowest BCUT2D eigenvalue weighted by Crippen LogP contribution is -1.87. The summed E-state index contributed by atoms with van der Waals surface area (Å²) in [5, 5.41) is 0.682. The van der Waals surface area contributed by atoms with Crippen molar-refractivity contribution >= 4 is 22.7 Å². The molecule has 0 aliphatic heterocycles. The lowest BCUT2D eigenvalue weighted by atomic mass is 10.1. The molecule has 0 amide bonds. The molecule has 0 radical (unpaired) electrons. The standard InChI is InChI=1S/C12H9ClO2S/c13-11-5-1-9(2-6-11)10-3-7-12(8-4-10)16(14)15/h1-8H,(H,14,15)/p-1. The van der Waals surface area contributed by atoms with Crippen molar-refractivity contribution in [2.24, 2.45) is 0 Å². The van der Waals surface area contributed by atoms with E-state index in [1.165, 1.54) is 0 Å². The van der Waals surface area contributed by atoms with Crippen molar-refractivity contribution in [2.45, 2.75) is 4.90 Å². The molecule has 0 aromatic heterocycles. The molecule has 0 bridgehead atoms. The molecule has 0 saturated heterocycles. The van der Waals surface area contributed by atoms with Gasteiger partial charge in [0.15, 0.2) is 0 Å². The van der Waals surface area contributed by atoms with Crippen molar-refractivity contribution in [2.75, 3.05) is 0 Å². The van der Waals surface area contributed by atoms with Crippen LogP contribution in [0.4, 0.5) is 0 Å². The zero-order valence-electron chi connectivity index (χ0n) is 8.22. The minimum Gasteiger partial charge on any atom is -0.768 e. The van der Waals surface area contributed by atoms with Gasteiger partial charge in [0.05, 0.1) is 0 Å². The quantitative estimate of drug-likeness (QED) is 0.769. The summed E-state index contributed by atoms with van der Waals surface area (Å²) in [7, 11) is 0. The Balaban J connectivity index is 2.34. The molecule has 2 aromatic carbocycles. The monoisotopic (exact) mass is 251 g/mol. The van der Waals surface area contributed by atoms with Crippen LogP contribution in [-0.4, -0.2) is 8.76 Å². The van der Waals surface area contributed by atoms with Crippen molar-refractivity contribution in [1.82, 2.24) is 0 Å². The molecule has 1 unspecified atom stereocenters. The van der Waals surface area contributed by atoms with E-state index in [1.807, 2.05) is 12.1 Å². The van der Waals surface area contributed by atoms with Crippen molar-refractivity contribution in [3.05, 3.63) is 53.6 Å². The summed E-state index contributed by atoms with van der Waals surface area (Å²) < 4.78 is 21.4. The summed E-state index contributed by atoms with van der Waals surface area (Å²) in [6.07, 6.45) is 0. The van der Waals surface area contributed by atoms with Gasteiger partial charge in [-0.05, 0) is 46.5 Å². The van der Waals surface area contributed by atoms with Crippen LogP contribution in [0.3, 0.4) is 0 Å². The second kappa shape index (κ2) is 4.78. The normalized spacial score (nSPS) is 12.4. The molecule has 0 fully saturated rings. The fourth-order valence-corrected chi connectivity index (χ4v) is 1.89. The SMILES string of the molecule is O=S([O-])c1ccc(-c2ccc(Cl)cc2)cc1. The van der Waals surface area contributed by atoms with E-state index < -0.39 is 11.1 Å². The van der Waals surface area contributed by atoms with Gasteiger partial charge in [0.25, 0.3) is 0 Å². The van der Waals surface area contributed by atoms with Crippen LogP contribution in [0.1, 0.15) is 0 Å². The third-order valence-electron chi connectivity index (χ3n) is 2.22. The van der Waals surface area contributed by atoms with Crippen LogP contribution in [0.5, 0.6) is 0 Å². The first kappa shape index (κ1) is 11.3. The average Bonchev–Trinajstić information content (AvgIpc) is 2.30. The summed E-state index contributed by atoms with van der Waals surface area (Å²) in [5.74, 6) is 0. The summed E-state index contributed by atoms with van der Waals surface area (Å²) in [5.41, 5.74) is 1.97. The van der Waals surface area contributed by atoms with E-state index in [2.05, 4.69) is 0 Å². The molecular weight excluding hydrogens is 244 g/mol. The molecule has 0 N–H and O–H groups in total. The van der Waals surface area contributed by atoms with Crippen molar-refractivity contribution in [3.63, 3.8) is 0 Å². The first-order valence-corrected chi connectivity index (χ1v) is 6.07. The topological polar surface area (TPSA) is 40.1 Å². The highest BCUT2D eigenvalue weighted by molar-refractivity contribution is 7.79. The molecular formula is C12H8ClO2S-.